The number of nitrogens with zero attached hydrogens (tertiary/aromatic N) is 2. The maximum atomic E-state index is 7.66. The molecule has 3 aromatic rings. The number of rotatable bonds is 3. The van der Waals surface area contributed by atoms with E-state index in [0.717, 1.165) is 22.8 Å². The molecule has 2 unspecified atom stereocenters. The molecule has 198 valence electrons. The van der Waals surface area contributed by atoms with Crippen LogP contribution in [0.5, 0.6) is 0 Å². The molecule has 0 bridgehead atoms. The molecule has 2 atom stereocenters. The molecule has 1 aliphatic heterocycles. The van der Waals surface area contributed by atoms with Crippen molar-refractivity contribution in [2.45, 2.75) is 79.3 Å². The van der Waals surface area contributed by atoms with Gasteiger partial charge in [0.2, 0.25) is 0 Å². The Hall–Kier alpha value is -1.80. The maximum absolute atomic E-state index is 7.66. The monoisotopic (exact) mass is 622 g/mol. The Kier molecular flexibility index (Phi) is 7.53. The fourth-order valence-corrected chi connectivity index (χ4v) is 12.6. The van der Waals surface area contributed by atoms with E-state index in [1.807, 2.05) is 6.07 Å². The van der Waals surface area contributed by atoms with Gasteiger partial charge in [-0.15, -0.1) is 0 Å². The van der Waals surface area contributed by atoms with Crippen LogP contribution < -0.4 is 9.80 Å². The van der Waals surface area contributed by atoms with E-state index in [4.69, 9.17) is 19.4 Å². The van der Waals surface area contributed by atoms with E-state index >= 15 is 0 Å². The van der Waals surface area contributed by atoms with Gasteiger partial charge < -0.3 is 0 Å². The zero-order valence-corrected chi connectivity index (χ0v) is 26.0. The minimum atomic E-state index is -3.55. The summed E-state index contributed by atoms with van der Waals surface area (Å²) in [5, 5.41) is 0. The van der Waals surface area contributed by atoms with Gasteiger partial charge in [0.05, 0.1) is 0 Å². The number of aryl methyl sites for hydroxylation is 6. The number of benzene rings is 3. The van der Waals surface area contributed by atoms with E-state index in [1.165, 1.54) is 57.6 Å². The summed E-state index contributed by atoms with van der Waals surface area (Å²) in [5.74, 6) is 0. The molecular weight excluding hydrogens is 584 g/mol. The number of hydrogen-bond donors (Lipinski definition) is 0. The molecule has 1 aliphatic carbocycles. The van der Waals surface area contributed by atoms with Crippen LogP contribution in [-0.2, 0) is 11.9 Å². The SMILES string of the molecule is Cc1cc(C)c(N2[C](=[Ru]([Cl])([Cl])=[CH]c3ccccc3)N(c3c(C)cc(C)cc3C)C3CCCCC32)c(C)c1. The standard InChI is InChI=1S/C25H32N2.C7H6.2ClH.Ru/c1-16-11-18(3)24(19(4)12-16)26-15-27(23-10-8-7-9-22(23)26)25-20(5)13-17(2)14-21(25)6;1-7-5-3-2-4-6-7;;;/h11-14,22-23H,7-10H2,1-6H3;1-6H;2*1H;/q;;;;+2/p-2. The topological polar surface area (TPSA) is 6.48 Å². The van der Waals surface area contributed by atoms with Gasteiger partial charge in [0.15, 0.2) is 0 Å². The van der Waals surface area contributed by atoms with Gasteiger partial charge in [-0.2, -0.15) is 0 Å². The Balaban J connectivity index is 1.89. The van der Waals surface area contributed by atoms with Crippen LogP contribution in [0.4, 0.5) is 11.4 Å². The molecule has 1 heterocycles. The van der Waals surface area contributed by atoms with Gasteiger partial charge in [-0.05, 0) is 0 Å². The molecule has 0 N–H and O–H groups in total. The van der Waals surface area contributed by atoms with E-state index in [9.17, 15) is 0 Å². The van der Waals surface area contributed by atoms with Crippen LogP contribution >= 0.6 is 19.4 Å². The van der Waals surface area contributed by atoms with E-state index in [0.29, 0.717) is 12.1 Å². The quantitative estimate of drug-likeness (QED) is 0.270. The fraction of sp³-hybridized carbons (Fsp3) is 0.375. The molecule has 1 saturated heterocycles. The summed E-state index contributed by atoms with van der Waals surface area (Å²) in [4.78, 5) is 5.19. The molecule has 37 heavy (non-hydrogen) atoms. The minimum absolute atomic E-state index is 0.353. The molecule has 0 radical (unpaired) electrons. The van der Waals surface area contributed by atoms with Crippen LogP contribution in [0.2, 0.25) is 0 Å². The number of anilines is 2. The molecule has 0 aromatic heterocycles. The van der Waals surface area contributed by atoms with E-state index in [1.54, 1.807) is 0 Å². The Bertz CT molecular complexity index is 1340. The molecule has 5 rings (SSSR count). The summed E-state index contributed by atoms with van der Waals surface area (Å²) in [7, 11) is 15.3. The normalized spacial score (nSPS) is 20.3. The van der Waals surface area contributed by atoms with Gasteiger partial charge in [0.1, 0.15) is 0 Å². The molecular formula is C32H38Cl2N2Ru. The first-order valence-electron chi connectivity index (χ1n) is 13.2. The first-order chi connectivity index (χ1) is 17.6. The Labute approximate surface area is 233 Å². The average Bonchev–Trinajstić information content (AvgIpc) is 3.14. The van der Waals surface area contributed by atoms with Crippen LogP contribution in [-0.4, -0.2) is 21.0 Å². The summed E-state index contributed by atoms with van der Waals surface area (Å²) in [5.41, 5.74) is 11.4. The number of hydrogen-bond acceptors (Lipinski definition) is 2. The van der Waals surface area contributed by atoms with Crippen molar-refractivity contribution in [3.63, 3.8) is 0 Å². The van der Waals surface area contributed by atoms with Gasteiger partial charge in [-0.3, -0.25) is 0 Å². The second-order valence-corrected chi connectivity index (χ2v) is 20.1. The molecule has 3 aromatic carbocycles. The van der Waals surface area contributed by atoms with Crippen molar-refractivity contribution in [2.24, 2.45) is 0 Å². The molecule has 2 nitrogen and oxygen atoms in total. The second kappa shape index (κ2) is 10.4. The first-order valence-corrected chi connectivity index (χ1v) is 19.6. The van der Waals surface area contributed by atoms with Crippen molar-refractivity contribution >= 4 is 39.7 Å². The van der Waals surface area contributed by atoms with Crippen molar-refractivity contribution in [1.29, 1.82) is 0 Å². The summed E-state index contributed by atoms with van der Waals surface area (Å²) >= 11 is -3.55. The molecule has 1 saturated carbocycles. The summed E-state index contributed by atoms with van der Waals surface area (Å²) in [6, 6.07) is 20.3. The van der Waals surface area contributed by atoms with Crippen molar-refractivity contribution in [3.05, 3.63) is 93.5 Å². The predicted molar refractivity (Wildman–Crippen MR) is 161 cm³/mol. The van der Waals surface area contributed by atoms with E-state index in [2.05, 4.69) is 104 Å². The zero-order valence-electron chi connectivity index (χ0n) is 22.8. The number of fused-ring (bicyclic) bond motifs is 1. The average molecular weight is 623 g/mol. The van der Waals surface area contributed by atoms with Crippen LogP contribution in [0.15, 0.2) is 54.6 Å². The van der Waals surface area contributed by atoms with Crippen LogP contribution in [0.1, 0.15) is 64.6 Å². The van der Waals surface area contributed by atoms with Gasteiger partial charge >= 0.3 is 234 Å². The van der Waals surface area contributed by atoms with Crippen molar-refractivity contribution in [1.82, 2.24) is 0 Å². The van der Waals surface area contributed by atoms with Gasteiger partial charge in [-0.1, -0.05) is 0 Å². The zero-order chi connectivity index (χ0) is 26.5. The Morgan fingerprint density at radius 1 is 0.676 bits per heavy atom. The van der Waals surface area contributed by atoms with E-state index < -0.39 is 11.9 Å². The summed E-state index contributed by atoms with van der Waals surface area (Å²) in [6.45, 7) is 13.3. The third-order valence-corrected chi connectivity index (χ3v) is 13.2. The summed E-state index contributed by atoms with van der Waals surface area (Å²) in [6.07, 6.45) is 4.77. The van der Waals surface area contributed by atoms with E-state index in [-0.39, 0.29) is 0 Å². The van der Waals surface area contributed by atoms with Crippen molar-refractivity contribution in [3.8, 4) is 0 Å². The second-order valence-electron chi connectivity index (χ2n) is 10.9. The third kappa shape index (κ3) is 5.00. The molecule has 0 spiro atoms. The molecule has 2 aliphatic rings. The van der Waals surface area contributed by atoms with Gasteiger partial charge in [0.25, 0.3) is 0 Å². The van der Waals surface area contributed by atoms with Gasteiger partial charge in [-0.25, -0.2) is 0 Å². The van der Waals surface area contributed by atoms with Crippen molar-refractivity contribution < 1.29 is 11.9 Å². The summed E-state index contributed by atoms with van der Waals surface area (Å²) < 4.78 is 3.31. The predicted octanol–water partition coefficient (Wildman–Crippen LogP) is 8.57. The van der Waals surface area contributed by atoms with Crippen molar-refractivity contribution in [2.75, 3.05) is 9.80 Å². The Morgan fingerprint density at radius 2 is 1.08 bits per heavy atom. The molecule has 0 amide bonds. The molecule has 5 heteroatoms. The van der Waals surface area contributed by atoms with Crippen LogP contribution in [0.25, 0.3) is 0 Å². The number of halogens is 2. The first kappa shape index (κ1) is 26.8. The van der Waals surface area contributed by atoms with Crippen LogP contribution in [0, 0.1) is 41.5 Å². The van der Waals surface area contributed by atoms with Crippen LogP contribution in [0.3, 0.4) is 0 Å². The van der Waals surface area contributed by atoms with Gasteiger partial charge in [0, 0.05) is 0 Å². The third-order valence-electron chi connectivity index (χ3n) is 7.75. The Morgan fingerprint density at radius 3 is 1.49 bits per heavy atom. The molecule has 2 fully saturated rings. The fourth-order valence-electron chi connectivity index (χ4n) is 6.63.